The fourth-order valence-corrected chi connectivity index (χ4v) is 3.26. The van der Waals surface area contributed by atoms with Gasteiger partial charge in [-0.1, -0.05) is 22.0 Å². The fraction of sp³-hybridized carbons (Fsp3) is 0.600. The molecule has 2 aliphatic heterocycles. The molecular weight excluding hydrogens is 325 g/mol. The lowest BCUT2D eigenvalue weighted by molar-refractivity contribution is -0.0978. The summed E-state index contributed by atoms with van der Waals surface area (Å²) in [5, 5.41) is 0. The van der Waals surface area contributed by atoms with E-state index >= 15 is 0 Å². The molecule has 0 N–H and O–H groups in total. The van der Waals surface area contributed by atoms with E-state index in [2.05, 4.69) is 20.8 Å². The van der Waals surface area contributed by atoms with E-state index < -0.39 is 0 Å². The molecule has 1 aromatic carbocycles. The van der Waals surface area contributed by atoms with Crippen LogP contribution in [0.2, 0.25) is 0 Å². The summed E-state index contributed by atoms with van der Waals surface area (Å²) in [4.78, 5) is 2.30. The molecule has 3 rings (SSSR count). The second-order valence-electron chi connectivity index (χ2n) is 5.46. The van der Waals surface area contributed by atoms with Crippen molar-refractivity contribution in [3.05, 3.63) is 34.1 Å². The van der Waals surface area contributed by atoms with Gasteiger partial charge in [-0.05, 0) is 38.1 Å². The van der Waals surface area contributed by atoms with Crippen molar-refractivity contribution >= 4 is 15.9 Å². The Labute approximate surface area is 127 Å². The van der Waals surface area contributed by atoms with Crippen molar-refractivity contribution in [2.75, 3.05) is 26.3 Å². The number of rotatable bonds is 3. The molecule has 0 atom stereocenters. The van der Waals surface area contributed by atoms with Crippen molar-refractivity contribution in [2.45, 2.75) is 25.7 Å². The zero-order valence-corrected chi connectivity index (χ0v) is 12.9. The van der Waals surface area contributed by atoms with Crippen LogP contribution in [0.3, 0.4) is 0 Å². The van der Waals surface area contributed by atoms with Crippen LogP contribution >= 0.6 is 15.9 Å². The van der Waals surface area contributed by atoms with Gasteiger partial charge in [0.25, 0.3) is 0 Å². The first-order chi connectivity index (χ1) is 9.72. The van der Waals surface area contributed by atoms with Crippen LogP contribution < -0.4 is 0 Å². The van der Waals surface area contributed by atoms with E-state index in [-0.39, 0.29) is 12.1 Å². The molecular formula is C15H19BrFNO2. The molecule has 5 heteroatoms. The van der Waals surface area contributed by atoms with Crippen molar-refractivity contribution in [1.82, 2.24) is 4.90 Å². The van der Waals surface area contributed by atoms with Crippen LogP contribution in [0.25, 0.3) is 0 Å². The molecule has 0 bridgehead atoms. The average molecular weight is 344 g/mol. The Morgan fingerprint density at radius 1 is 1.20 bits per heavy atom. The lowest BCUT2D eigenvalue weighted by Gasteiger charge is -2.33. The molecule has 0 amide bonds. The quantitative estimate of drug-likeness (QED) is 0.841. The first-order valence-corrected chi connectivity index (χ1v) is 7.91. The second-order valence-corrected chi connectivity index (χ2v) is 6.37. The van der Waals surface area contributed by atoms with E-state index in [4.69, 9.17) is 9.47 Å². The summed E-state index contributed by atoms with van der Waals surface area (Å²) < 4.78 is 25.8. The highest BCUT2D eigenvalue weighted by Gasteiger charge is 2.30. The normalized spacial score (nSPS) is 22.5. The van der Waals surface area contributed by atoms with E-state index in [0.717, 1.165) is 49.2 Å². The van der Waals surface area contributed by atoms with Gasteiger partial charge in [0.05, 0.1) is 13.2 Å². The largest absolute Gasteiger partial charge is 0.350 e. The van der Waals surface area contributed by atoms with Crippen LogP contribution in [0.1, 0.15) is 18.4 Å². The standard InChI is InChI=1S/C15H19BrFNO2/c16-13-2-1-12(14(17)9-13)10-18-5-3-11(4-6-18)15-19-7-8-20-15/h1-2,9,11,15H,3-8,10H2. The number of benzene rings is 1. The summed E-state index contributed by atoms with van der Waals surface area (Å²) in [5.41, 5.74) is 0.764. The number of hydrogen-bond acceptors (Lipinski definition) is 3. The van der Waals surface area contributed by atoms with Crippen molar-refractivity contribution in [3.8, 4) is 0 Å². The Hall–Kier alpha value is -0.490. The smallest absolute Gasteiger partial charge is 0.160 e. The lowest BCUT2D eigenvalue weighted by atomic mass is 9.96. The maximum Gasteiger partial charge on any atom is 0.160 e. The summed E-state index contributed by atoms with van der Waals surface area (Å²) in [6, 6.07) is 5.28. The number of piperidine rings is 1. The second kappa shape index (κ2) is 6.52. The highest BCUT2D eigenvalue weighted by atomic mass is 79.9. The monoisotopic (exact) mass is 343 g/mol. The van der Waals surface area contributed by atoms with Gasteiger partial charge in [-0.25, -0.2) is 4.39 Å². The minimum atomic E-state index is -0.135. The molecule has 0 spiro atoms. The molecule has 0 unspecified atom stereocenters. The molecule has 3 nitrogen and oxygen atoms in total. The number of likely N-dealkylation sites (tertiary alicyclic amines) is 1. The molecule has 0 saturated carbocycles. The number of halogens is 2. The maximum atomic E-state index is 13.8. The summed E-state index contributed by atoms with van der Waals surface area (Å²) in [5.74, 6) is 0.354. The van der Waals surface area contributed by atoms with E-state index in [1.165, 1.54) is 6.07 Å². The van der Waals surface area contributed by atoms with Gasteiger partial charge in [-0.3, -0.25) is 4.90 Å². The third kappa shape index (κ3) is 3.39. The van der Waals surface area contributed by atoms with Crippen LogP contribution in [0, 0.1) is 11.7 Å². The van der Waals surface area contributed by atoms with Crippen LogP contribution in [0.4, 0.5) is 4.39 Å². The first kappa shape index (κ1) is 14.4. The fourth-order valence-electron chi connectivity index (χ4n) is 2.92. The molecule has 20 heavy (non-hydrogen) atoms. The number of ether oxygens (including phenoxy) is 2. The van der Waals surface area contributed by atoms with E-state index in [1.54, 1.807) is 0 Å². The summed E-state index contributed by atoms with van der Waals surface area (Å²) in [6.07, 6.45) is 2.10. The Bertz CT molecular complexity index is 457. The zero-order chi connectivity index (χ0) is 13.9. The molecule has 0 aromatic heterocycles. The van der Waals surface area contributed by atoms with Gasteiger partial charge < -0.3 is 9.47 Å². The predicted molar refractivity (Wildman–Crippen MR) is 77.8 cm³/mol. The van der Waals surface area contributed by atoms with Gasteiger partial charge in [0.2, 0.25) is 0 Å². The van der Waals surface area contributed by atoms with E-state index in [9.17, 15) is 4.39 Å². The topological polar surface area (TPSA) is 21.7 Å². The van der Waals surface area contributed by atoms with Gasteiger partial charge in [0, 0.05) is 22.5 Å². The highest BCUT2D eigenvalue weighted by molar-refractivity contribution is 9.10. The molecule has 0 aliphatic carbocycles. The van der Waals surface area contributed by atoms with Gasteiger partial charge in [0.15, 0.2) is 6.29 Å². The van der Waals surface area contributed by atoms with Gasteiger partial charge in [0.1, 0.15) is 5.82 Å². The average Bonchev–Trinajstić information content (AvgIpc) is 2.97. The number of nitrogens with zero attached hydrogens (tertiary/aromatic N) is 1. The van der Waals surface area contributed by atoms with Crippen molar-refractivity contribution < 1.29 is 13.9 Å². The molecule has 2 aliphatic rings. The Kier molecular flexibility index (Phi) is 4.71. The minimum Gasteiger partial charge on any atom is -0.350 e. The molecule has 2 fully saturated rings. The third-order valence-corrected chi connectivity index (χ3v) is 4.57. The van der Waals surface area contributed by atoms with Gasteiger partial charge in [-0.2, -0.15) is 0 Å². The van der Waals surface area contributed by atoms with Gasteiger partial charge >= 0.3 is 0 Å². The Morgan fingerprint density at radius 2 is 1.90 bits per heavy atom. The zero-order valence-electron chi connectivity index (χ0n) is 11.4. The SMILES string of the molecule is Fc1cc(Br)ccc1CN1CCC(C2OCCO2)CC1. The van der Waals surface area contributed by atoms with Crippen molar-refractivity contribution in [3.63, 3.8) is 0 Å². The van der Waals surface area contributed by atoms with Crippen LogP contribution in [0.15, 0.2) is 22.7 Å². The minimum absolute atomic E-state index is 0.0124. The summed E-state index contributed by atoms with van der Waals surface area (Å²) in [6.45, 7) is 4.06. The molecule has 110 valence electrons. The van der Waals surface area contributed by atoms with Crippen molar-refractivity contribution in [1.29, 1.82) is 0 Å². The molecule has 2 heterocycles. The van der Waals surface area contributed by atoms with E-state index in [0.29, 0.717) is 12.5 Å². The highest BCUT2D eigenvalue weighted by Crippen LogP contribution is 2.27. The third-order valence-electron chi connectivity index (χ3n) is 4.07. The van der Waals surface area contributed by atoms with Gasteiger partial charge in [-0.15, -0.1) is 0 Å². The lowest BCUT2D eigenvalue weighted by Crippen LogP contribution is -2.37. The van der Waals surface area contributed by atoms with Crippen LogP contribution in [-0.2, 0) is 16.0 Å². The van der Waals surface area contributed by atoms with Crippen molar-refractivity contribution in [2.24, 2.45) is 5.92 Å². The van der Waals surface area contributed by atoms with Crippen LogP contribution in [-0.4, -0.2) is 37.5 Å². The summed E-state index contributed by atoms with van der Waals surface area (Å²) in [7, 11) is 0. The first-order valence-electron chi connectivity index (χ1n) is 7.12. The molecule has 1 aromatic rings. The maximum absolute atomic E-state index is 13.8. The number of hydrogen-bond donors (Lipinski definition) is 0. The molecule has 0 radical (unpaired) electrons. The molecule has 2 saturated heterocycles. The predicted octanol–water partition coefficient (Wildman–Crippen LogP) is 3.17. The summed E-state index contributed by atoms with van der Waals surface area (Å²) >= 11 is 3.29. The Balaban J connectivity index is 1.53. The Morgan fingerprint density at radius 3 is 2.55 bits per heavy atom. The van der Waals surface area contributed by atoms with E-state index in [1.807, 2.05) is 12.1 Å². The van der Waals surface area contributed by atoms with Crippen LogP contribution in [0.5, 0.6) is 0 Å².